The van der Waals surface area contributed by atoms with Crippen LogP contribution in [0.3, 0.4) is 0 Å². The molecule has 0 saturated carbocycles. The van der Waals surface area contributed by atoms with Crippen LogP contribution in [-0.2, 0) is 6.54 Å². The lowest BCUT2D eigenvalue weighted by Crippen LogP contribution is -2.37. The van der Waals surface area contributed by atoms with Crippen LogP contribution in [0.5, 0.6) is 0 Å². The molecule has 1 rings (SSSR count). The fourth-order valence-corrected chi connectivity index (χ4v) is 1.73. The Kier molecular flexibility index (Phi) is 9.79. The second-order valence-corrected chi connectivity index (χ2v) is 4.30. The van der Waals surface area contributed by atoms with Crippen LogP contribution in [-0.4, -0.2) is 19.0 Å². The van der Waals surface area contributed by atoms with Gasteiger partial charge in [-0.15, -0.1) is 30.4 Å². The number of guanidine groups is 1. The van der Waals surface area contributed by atoms with E-state index in [0.29, 0.717) is 13.1 Å². The van der Waals surface area contributed by atoms with Crippen LogP contribution >= 0.6 is 39.9 Å². The zero-order chi connectivity index (χ0) is 12.5. The van der Waals surface area contributed by atoms with Gasteiger partial charge in [0.25, 0.3) is 0 Å². The molecule has 1 aromatic rings. The number of halogens is 2. The largest absolute Gasteiger partial charge is 0.357 e. The van der Waals surface area contributed by atoms with Crippen molar-refractivity contribution in [2.45, 2.75) is 13.5 Å². The molecule has 5 heteroatoms. The Morgan fingerprint density at radius 1 is 1.44 bits per heavy atom. The summed E-state index contributed by atoms with van der Waals surface area (Å²) in [7, 11) is 0. The number of hydrogen-bond acceptors (Lipinski definition) is 1. The molecule has 0 saturated heterocycles. The normalized spacial score (nSPS) is 10.2. The molecule has 98 valence electrons. The van der Waals surface area contributed by atoms with Gasteiger partial charge in [0.15, 0.2) is 5.96 Å². The van der Waals surface area contributed by atoms with Gasteiger partial charge >= 0.3 is 0 Å². The molecule has 0 spiro atoms. The maximum Gasteiger partial charge on any atom is 0.192 e. The van der Waals surface area contributed by atoms with Gasteiger partial charge in [-0.1, -0.05) is 34.0 Å². The first-order valence-electron chi connectivity index (χ1n) is 5.46. The highest BCUT2D eigenvalue weighted by Gasteiger charge is 1.96. The monoisotopic (exact) mass is 421 g/mol. The number of benzene rings is 1. The summed E-state index contributed by atoms with van der Waals surface area (Å²) in [5, 5.41) is 6.18. The molecule has 3 nitrogen and oxygen atoms in total. The quantitative estimate of drug-likeness (QED) is 0.339. The zero-order valence-electron chi connectivity index (χ0n) is 10.2. The highest BCUT2D eigenvalue weighted by atomic mass is 127. The second-order valence-electron chi connectivity index (χ2n) is 3.38. The van der Waals surface area contributed by atoms with E-state index in [2.05, 4.69) is 37.5 Å². The Morgan fingerprint density at radius 3 is 2.83 bits per heavy atom. The van der Waals surface area contributed by atoms with E-state index in [1.165, 1.54) is 0 Å². The molecule has 0 aliphatic carbocycles. The number of nitrogens with one attached hydrogen (secondary N) is 2. The van der Waals surface area contributed by atoms with Gasteiger partial charge in [-0.05, 0) is 24.6 Å². The molecule has 0 radical (unpaired) electrons. The first-order valence-corrected chi connectivity index (χ1v) is 6.25. The molecule has 0 bridgehead atoms. The maximum atomic E-state index is 5.20. The van der Waals surface area contributed by atoms with E-state index in [0.717, 1.165) is 22.5 Å². The fraction of sp³-hybridized carbons (Fsp3) is 0.308. The SMILES string of the molecule is C#CCNC(=NCc1cccc(Br)c1)NCC.I. The average Bonchev–Trinajstić information content (AvgIpc) is 2.33. The van der Waals surface area contributed by atoms with E-state index in [9.17, 15) is 0 Å². The minimum Gasteiger partial charge on any atom is -0.357 e. The van der Waals surface area contributed by atoms with Crippen LogP contribution < -0.4 is 10.6 Å². The summed E-state index contributed by atoms with van der Waals surface area (Å²) >= 11 is 3.44. The lowest BCUT2D eigenvalue weighted by atomic mass is 10.2. The van der Waals surface area contributed by atoms with Crippen LogP contribution in [0, 0.1) is 12.3 Å². The van der Waals surface area contributed by atoms with Crippen LogP contribution in [0.2, 0.25) is 0 Å². The van der Waals surface area contributed by atoms with E-state index in [1.807, 2.05) is 31.2 Å². The van der Waals surface area contributed by atoms with Crippen LogP contribution in [0.15, 0.2) is 33.7 Å². The Bertz CT molecular complexity index is 426. The van der Waals surface area contributed by atoms with Gasteiger partial charge in [-0.25, -0.2) is 4.99 Å². The van der Waals surface area contributed by atoms with Crippen LogP contribution in [0.25, 0.3) is 0 Å². The lowest BCUT2D eigenvalue weighted by molar-refractivity contribution is 0.865. The van der Waals surface area contributed by atoms with Crippen LogP contribution in [0.4, 0.5) is 0 Å². The van der Waals surface area contributed by atoms with Gasteiger partial charge in [-0.2, -0.15) is 0 Å². The van der Waals surface area contributed by atoms with E-state index < -0.39 is 0 Å². The van der Waals surface area contributed by atoms with Crippen molar-refractivity contribution in [1.29, 1.82) is 0 Å². The smallest absolute Gasteiger partial charge is 0.192 e. The summed E-state index contributed by atoms with van der Waals surface area (Å²) in [4.78, 5) is 4.44. The summed E-state index contributed by atoms with van der Waals surface area (Å²) in [5.41, 5.74) is 1.15. The molecular formula is C13H17BrIN3. The number of hydrogen-bond donors (Lipinski definition) is 2. The molecule has 0 fully saturated rings. The Morgan fingerprint density at radius 2 is 2.22 bits per heavy atom. The van der Waals surface area contributed by atoms with Crippen molar-refractivity contribution in [2.75, 3.05) is 13.1 Å². The molecule has 0 aliphatic heterocycles. The third kappa shape index (κ3) is 6.87. The summed E-state index contributed by atoms with van der Waals surface area (Å²) in [6.45, 7) is 3.94. The van der Waals surface area contributed by atoms with Gasteiger partial charge in [-0.3, -0.25) is 0 Å². The van der Waals surface area contributed by atoms with Crippen molar-refractivity contribution in [2.24, 2.45) is 4.99 Å². The van der Waals surface area contributed by atoms with Gasteiger partial charge in [0.2, 0.25) is 0 Å². The molecule has 0 aliphatic rings. The molecule has 0 aromatic heterocycles. The minimum absolute atomic E-state index is 0. The predicted molar refractivity (Wildman–Crippen MR) is 91.2 cm³/mol. The summed E-state index contributed by atoms with van der Waals surface area (Å²) < 4.78 is 1.06. The second kappa shape index (κ2) is 10.2. The molecule has 2 N–H and O–H groups in total. The molecule has 0 unspecified atom stereocenters. The van der Waals surface area contributed by atoms with Crippen molar-refractivity contribution in [3.8, 4) is 12.3 Å². The molecule has 1 aromatic carbocycles. The van der Waals surface area contributed by atoms with Crippen molar-refractivity contribution in [3.63, 3.8) is 0 Å². The standard InChI is InChI=1S/C13H16BrN3.HI/c1-3-8-16-13(15-4-2)17-10-11-6-5-7-12(14)9-11;/h1,5-7,9H,4,8,10H2,2H3,(H2,15,16,17);1H. The average molecular weight is 422 g/mol. The topological polar surface area (TPSA) is 36.4 Å². The molecule has 0 heterocycles. The fourth-order valence-electron chi connectivity index (χ4n) is 1.28. The number of nitrogens with zero attached hydrogens (tertiary/aromatic N) is 1. The van der Waals surface area contributed by atoms with E-state index in [1.54, 1.807) is 0 Å². The molecular weight excluding hydrogens is 405 g/mol. The molecule has 0 atom stereocenters. The third-order valence-corrected chi connectivity index (χ3v) is 2.50. The molecule has 18 heavy (non-hydrogen) atoms. The number of aliphatic imine (C=N–C) groups is 1. The van der Waals surface area contributed by atoms with Gasteiger partial charge < -0.3 is 10.6 Å². The first-order chi connectivity index (χ1) is 8.26. The van der Waals surface area contributed by atoms with Gasteiger partial charge in [0, 0.05) is 11.0 Å². The van der Waals surface area contributed by atoms with Crippen molar-refractivity contribution in [1.82, 2.24) is 10.6 Å². The van der Waals surface area contributed by atoms with Gasteiger partial charge in [0.05, 0.1) is 13.1 Å². The molecule has 0 amide bonds. The first kappa shape index (κ1) is 17.3. The van der Waals surface area contributed by atoms with Crippen molar-refractivity contribution in [3.05, 3.63) is 34.3 Å². The predicted octanol–water partition coefficient (Wildman–Crippen LogP) is 2.76. The Balaban J connectivity index is 0.00000289. The Hall–Kier alpha value is -0.740. The van der Waals surface area contributed by atoms with E-state index in [-0.39, 0.29) is 24.0 Å². The van der Waals surface area contributed by atoms with Gasteiger partial charge in [0.1, 0.15) is 0 Å². The van der Waals surface area contributed by atoms with Crippen LogP contribution in [0.1, 0.15) is 12.5 Å². The highest BCUT2D eigenvalue weighted by Crippen LogP contribution is 2.12. The summed E-state index contributed by atoms with van der Waals surface area (Å²) in [6, 6.07) is 8.08. The zero-order valence-corrected chi connectivity index (χ0v) is 14.2. The Labute approximate surface area is 134 Å². The lowest BCUT2D eigenvalue weighted by Gasteiger charge is -2.08. The number of rotatable bonds is 4. The van der Waals surface area contributed by atoms with E-state index in [4.69, 9.17) is 6.42 Å². The highest BCUT2D eigenvalue weighted by molar-refractivity contribution is 14.0. The summed E-state index contributed by atoms with van der Waals surface area (Å²) in [5.74, 6) is 3.27. The third-order valence-electron chi connectivity index (χ3n) is 2.01. The minimum atomic E-state index is 0. The maximum absolute atomic E-state index is 5.20. The van der Waals surface area contributed by atoms with Crippen molar-refractivity contribution < 1.29 is 0 Å². The number of terminal acetylenes is 1. The van der Waals surface area contributed by atoms with E-state index >= 15 is 0 Å². The van der Waals surface area contributed by atoms with Crippen molar-refractivity contribution >= 4 is 45.9 Å². The summed E-state index contributed by atoms with van der Waals surface area (Å²) in [6.07, 6.45) is 5.20.